The van der Waals surface area contributed by atoms with Crippen molar-refractivity contribution in [3.8, 4) is 28.8 Å². The van der Waals surface area contributed by atoms with Crippen molar-refractivity contribution in [3.05, 3.63) is 307 Å². The molecule has 0 saturated carbocycles. The Morgan fingerprint density at radius 1 is 0.488 bits per heavy atom. The van der Waals surface area contributed by atoms with E-state index in [2.05, 4.69) is 47.6 Å². The topological polar surface area (TPSA) is 378 Å². The molecule has 0 spiro atoms. The van der Waals surface area contributed by atoms with E-state index in [9.17, 15) is 46.7 Å². The minimum absolute atomic E-state index is 0.0269. The van der Waals surface area contributed by atoms with Crippen LogP contribution in [0.3, 0.4) is 0 Å². The Bertz CT molecular complexity index is 6070. The number of fused-ring (bicyclic) bond motifs is 4. The molecule has 5 aliphatic heterocycles. The lowest BCUT2D eigenvalue weighted by molar-refractivity contribution is -0.117. The molecule has 2 amide bonds. The van der Waals surface area contributed by atoms with Crippen LogP contribution in [0.4, 0.5) is 13.2 Å². The number of benzene rings is 6. The maximum atomic E-state index is 13.5. The summed E-state index contributed by atoms with van der Waals surface area (Å²) in [7, 11) is 0. The summed E-state index contributed by atoms with van der Waals surface area (Å²) in [5.41, 5.74) is 4.76. The minimum Gasteiger partial charge on any atom is -0.481 e. The average Bonchev–Trinajstić information content (AvgIpc) is 1.54. The van der Waals surface area contributed by atoms with Crippen molar-refractivity contribution < 1.29 is 69.9 Å². The summed E-state index contributed by atoms with van der Waals surface area (Å²) >= 11 is 0. The van der Waals surface area contributed by atoms with Crippen molar-refractivity contribution in [1.29, 1.82) is 0 Å². The third-order valence-electron chi connectivity index (χ3n) is 19.8. The molecule has 628 valence electrons. The Morgan fingerprint density at radius 2 is 0.884 bits per heavy atom. The summed E-state index contributed by atoms with van der Waals surface area (Å²) in [5, 5.41) is 15.3. The fourth-order valence-corrected chi connectivity index (χ4v) is 13.6. The van der Waals surface area contributed by atoms with Crippen LogP contribution in [-0.2, 0) is 116 Å². The van der Waals surface area contributed by atoms with Gasteiger partial charge in [0.05, 0.1) is 70.8 Å². The fourth-order valence-electron chi connectivity index (χ4n) is 13.6. The lowest BCUT2D eigenvalue weighted by Crippen LogP contribution is -2.54. The molecule has 5 aliphatic rings. The first-order chi connectivity index (χ1) is 57.9. The summed E-state index contributed by atoms with van der Waals surface area (Å²) in [5.74, 6) is 4.94. The SMILES string of the molecule is C=c1c(=O)c(=C2NN=C(Cc3ccc(F)cc3)O2)nc2n1CCOC2(C)C.CC1(C)OCCn2c1nc(-c1nnc(Cc3ccc(F)cc3)o1)c(OCc1ccccc1)c2=O.CC1(C)OCCn2c1nc(C(=O)NCC(=O)Cc1ccc(F)cc1)c(OCc1ccccc1)c2=O.CC1(C)OCCn2c1nc(C(=O)NN)c(OCc1ccccc1)c2=O. The van der Waals surface area contributed by atoms with Gasteiger partial charge in [-0.2, -0.15) is 0 Å². The molecule has 0 fully saturated rings. The van der Waals surface area contributed by atoms with Gasteiger partial charge in [0.2, 0.25) is 40.3 Å². The van der Waals surface area contributed by atoms with Crippen LogP contribution in [0.5, 0.6) is 17.2 Å². The Labute approximate surface area is 690 Å². The van der Waals surface area contributed by atoms with Gasteiger partial charge in [0.25, 0.3) is 34.4 Å². The number of hydrogen-bond acceptors (Lipinski definition) is 25. The number of nitrogens with two attached hydrogens (primary N) is 1. The van der Waals surface area contributed by atoms with Gasteiger partial charge < -0.3 is 52.2 Å². The Kier molecular flexibility index (Phi) is 26.0. The third kappa shape index (κ3) is 20.1. The van der Waals surface area contributed by atoms with Gasteiger partial charge in [0.1, 0.15) is 83.0 Å². The zero-order valence-electron chi connectivity index (χ0n) is 67.6. The van der Waals surface area contributed by atoms with Crippen molar-refractivity contribution in [2.75, 3.05) is 33.0 Å². The number of rotatable bonds is 20. The lowest BCUT2D eigenvalue weighted by atomic mass is 10.1. The maximum absolute atomic E-state index is 13.5. The number of ether oxygens (including phenoxy) is 8. The van der Waals surface area contributed by atoms with Gasteiger partial charge in [0, 0.05) is 13.0 Å². The second kappa shape index (κ2) is 36.8. The van der Waals surface area contributed by atoms with Crippen molar-refractivity contribution in [3.63, 3.8) is 0 Å². The van der Waals surface area contributed by atoms with Crippen molar-refractivity contribution in [2.45, 2.75) is 143 Å². The lowest BCUT2D eigenvalue weighted by Gasteiger charge is -2.32. The van der Waals surface area contributed by atoms with Crippen LogP contribution in [0.25, 0.3) is 24.0 Å². The molecule has 34 heteroatoms. The Morgan fingerprint density at radius 3 is 1.34 bits per heavy atom. The second-order valence-electron chi connectivity index (χ2n) is 30.3. The molecule has 5 N–H and O–H groups in total. The highest BCUT2D eigenvalue weighted by Crippen LogP contribution is 2.34. The number of Topliss-reactive ketones (excluding diaryl/α,β-unsaturated/α-hetero) is 1. The summed E-state index contributed by atoms with van der Waals surface area (Å²) in [6.07, 6.45) is 0.696. The zero-order valence-corrected chi connectivity index (χ0v) is 67.6. The van der Waals surface area contributed by atoms with Crippen LogP contribution in [-0.4, -0.2) is 105 Å². The third-order valence-corrected chi connectivity index (χ3v) is 19.8. The van der Waals surface area contributed by atoms with Gasteiger partial charge in [-0.3, -0.25) is 52.7 Å². The number of ketones is 1. The van der Waals surface area contributed by atoms with E-state index in [1.54, 1.807) is 61.1 Å². The number of nitrogens with zero attached hydrogens (tertiary/aromatic N) is 11. The average molecular weight is 1660 g/mol. The number of aromatic nitrogens is 10. The van der Waals surface area contributed by atoms with Crippen molar-refractivity contribution in [2.24, 2.45) is 10.9 Å². The fraction of sp³-hybridized carbons (Fsp3) is 0.310. The number of hydrazone groups is 1. The van der Waals surface area contributed by atoms with E-state index in [0.717, 1.165) is 27.8 Å². The first-order valence-electron chi connectivity index (χ1n) is 38.7. The molecule has 0 aliphatic carbocycles. The van der Waals surface area contributed by atoms with Crippen LogP contribution >= 0.6 is 0 Å². The second-order valence-corrected chi connectivity index (χ2v) is 30.3. The highest BCUT2D eigenvalue weighted by Gasteiger charge is 2.39. The number of carbonyl (C=O) groups excluding carboxylic acids is 3. The van der Waals surface area contributed by atoms with Gasteiger partial charge in [-0.05, 0) is 125 Å². The predicted octanol–water partition coefficient (Wildman–Crippen LogP) is 7.63. The molecule has 16 rings (SSSR count). The van der Waals surface area contributed by atoms with Gasteiger partial charge in [-0.25, -0.2) is 44.4 Å². The molecule has 0 radical (unpaired) electrons. The van der Waals surface area contributed by atoms with E-state index >= 15 is 0 Å². The van der Waals surface area contributed by atoms with E-state index in [1.807, 2.05) is 124 Å². The molecule has 10 heterocycles. The molecule has 5 aromatic heterocycles. The van der Waals surface area contributed by atoms with E-state index in [1.165, 1.54) is 57.7 Å². The van der Waals surface area contributed by atoms with Crippen LogP contribution < -0.4 is 69.0 Å². The molecule has 121 heavy (non-hydrogen) atoms. The Hall–Kier alpha value is -13.4. The predicted molar refractivity (Wildman–Crippen MR) is 434 cm³/mol. The number of nitrogen functional groups attached to an aromatic ring is 1. The highest BCUT2D eigenvalue weighted by molar-refractivity contribution is 5.97. The summed E-state index contributed by atoms with van der Waals surface area (Å²) < 4.78 is 97.6. The molecule has 0 bridgehead atoms. The van der Waals surface area contributed by atoms with Crippen LogP contribution in [0.2, 0.25) is 0 Å². The number of hydrogen-bond donors (Lipinski definition) is 4. The Balaban J connectivity index is 0.000000141. The first kappa shape index (κ1) is 85.5. The number of hydrazine groups is 1. The van der Waals surface area contributed by atoms with Crippen LogP contribution in [0, 0.1) is 17.5 Å². The van der Waals surface area contributed by atoms with E-state index in [-0.39, 0.29) is 119 Å². The van der Waals surface area contributed by atoms with Gasteiger partial charge in [-0.15, -0.1) is 15.3 Å². The molecular formula is C87H88F3N15O16. The van der Waals surface area contributed by atoms with Crippen molar-refractivity contribution >= 4 is 36.0 Å². The smallest absolute Gasteiger partial charge is 0.296 e. The molecule has 0 saturated heterocycles. The van der Waals surface area contributed by atoms with Crippen LogP contribution in [0.15, 0.2) is 192 Å². The normalized spacial score (nSPS) is 15.8. The molecule has 6 aromatic carbocycles. The minimum atomic E-state index is -0.886. The first-order valence-corrected chi connectivity index (χ1v) is 38.7. The summed E-state index contributed by atoms with van der Waals surface area (Å²) in [6.45, 7) is 21.7. The largest absolute Gasteiger partial charge is 0.481 e. The standard InChI is InChI=1S/C26H26FN3O5.C25H23FN4O4.C19H19FN4O3.C17H20N4O4/c1-26(2)25-29-21(23(32)28-15-20(31)14-17-8-10-19(27)11-9-17)22(24(33)30(25)12-13-35-26)34-16-18-6-4-3-5-7-18;1-25(2)24-27-20(22-29-28-19(34-22)14-16-8-10-18(26)11-9-16)21(23(31)30(24)12-13-33-25)32-15-17-6-4-3-5-7-17;1-11-16(25)15(21-18-19(2,3)26-9-8-24(11)18)17-23-22-14(27-17)10-12-4-6-13(20)7-5-12;1-17(2)16-19-12(14(22)20-18)13(15(23)21(16)8-9-25-17)24-10-11-6-4-3-5-7-11/h3-11H,12-16H2,1-2H3,(H,28,32);3-11H,12-15H2,1-2H3;4-7,23H,1,8-10H2,2-3H3;3-7H,8-10,18H2,1-2H3,(H,20,22). The highest BCUT2D eigenvalue weighted by atomic mass is 19.1. The number of carbonyl (C=O) groups is 3. The molecule has 0 atom stereocenters. The molecule has 11 aromatic rings. The number of amides is 2. The number of nitrogens with one attached hydrogen (secondary N) is 3. The van der Waals surface area contributed by atoms with E-state index < -0.39 is 51.2 Å². The summed E-state index contributed by atoms with van der Waals surface area (Å²) in [6, 6.07) is 45.8. The zero-order chi connectivity index (χ0) is 85.9. The quantitative estimate of drug-likeness (QED) is 0.0323. The van der Waals surface area contributed by atoms with Crippen LogP contribution in [0.1, 0.15) is 139 Å². The number of halogens is 3. The molecule has 31 nitrogen and oxygen atoms in total. The maximum Gasteiger partial charge on any atom is 0.296 e. The monoisotopic (exact) mass is 1660 g/mol. The summed E-state index contributed by atoms with van der Waals surface area (Å²) in [4.78, 5) is 108. The molecule has 0 unspecified atom stereocenters. The molecular weight excluding hydrogens is 1570 g/mol. The van der Waals surface area contributed by atoms with E-state index in [4.69, 9.17) is 53.1 Å². The van der Waals surface area contributed by atoms with Gasteiger partial charge >= 0.3 is 0 Å². The van der Waals surface area contributed by atoms with Gasteiger partial charge in [-0.1, -0.05) is 134 Å². The van der Waals surface area contributed by atoms with Gasteiger partial charge in [0.15, 0.2) is 28.2 Å². The van der Waals surface area contributed by atoms with Crippen molar-refractivity contribution in [1.82, 2.24) is 64.6 Å². The van der Waals surface area contributed by atoms with E-state index in [0.29, 0.717) is 105 Å².